The number of benzene rings is 3. The molecule has 0 aliphatic carbocycles. The summed E-state index contributed by atoms with van der Waals surface area (Å²) in [7, 11) is 0. The Bertz CT molecular complexity index is 1030. The highest BCUT2D eigenvalue weighted by Crippen LogP contribution is 2.34. The molecule has 3 aromatic rings. The van der Waals surface area contributed by atoms with E-state index in [9.17, 15) is 9.59 Å². The highest BCUT2D eigenvalue weighted by atomic mass is 16.7. The van der Waals surface area contributed by atoms with Gasteiger partial charge in [0, 0.05) is 30.3 Å². The number of nitrogens with one attached hydrogen (secondary N) is 2. The molecule has 0 aromatic heterocycles. The Balaban J connectivity index is 1.26. The van der Waals surface area contributed by atoms with Crippen LogP contribution in [-0.4, -0.2) is 18.6 Å². The molecule has 2 N–H and O–H groups in total. The molecule has 6 nitrogen and oxygen atoms in total. The summed E-state index contributed by atoms with van der Waals surface area (Å²) < 4.78 is 10.6. The molecule has 1 heterocycles. The van der Waals surface area contributed by atoms with Gasteiger partial charge in [0.05, 0.1) is 0 Å². The minimum atomic E-state index is -0.215. The van der Waals surface area contributed by atoms with E-state index >= 15 is 0 Å². The second-order valence-corrected chi connectivity index (χ2v) is 6.98. The molecule has 152 valence electrons. The Morgan fingerprint density at radius 2 is 1.60 bits per heavy atom. The zero-order chi connectivity index (χ0) is 20.8. The fourth-order valence-corrected chi connectivity index (χ4v) is 3.14. The predicted octanol–water partition coefficient (Wildman–Crippen LogP) is 3.92. The van der Waals surface area contributed by atoms with E-state index in [0.717, 1.165) is 11.1 Å². The molecule has 0 bridgehead atoms. The van der Waals surface area contributed by atoms with Crippen molar-refractivity contribution in [3.05, 3.63) is 89.5 Å². The molecule has 0 atom stereocenters. The van der Waals surface area contributed by atoms with Crippen LogP contribution in [0.3, 0.4) is 0 Å². The van der Waals surface area contributed by atoms with Gasteiger partial charge in [0.15, 0.2) is 11.5 Å². The highest BCUT2D eigenvalue weighted by molar-refractivity contribution is 6.04. The van der Waals surface area contributed by atoms with Crippen LogP contribution < -0.4 is 20.1 Å². The third-order valence-electron chi connectivity index (χ3n) is 4.82. The number of hydrogen-bond donors (Lipinski definition) is 2. The summed E-state index contributed by atoms with van der Waals surface area (Å²) in [5.74, 6) is 1.07. The van der Waals surface area contributed by atoms with Crippen LogP contribution in [0.15, 0.2) is 72.8 Å². The molecule has 0 fully saturated rings. The van der Waals surface area contributed by atoms with Crippen molar-refractivity contribution in [1.82, 2.24) is 5.32 Å². The summed E-state index contributed by atoms with van der Waals surface area (Å²) in [5, 5.41) is 5.76. The first kappa shape index (κ1) is 19.5. The van der Waals surface area contributed by atoms with Crippen LogP contribution in [0.2, 0.25) is 0 Å². The molecule has 6 heteroatoms. The Morgan fingerprint density at radius 1 is 0.833 bits per heavy atom. The predicted molar refractivity (Wildman–Crippen MR) is 114 cm³/mol. The summed E-state index contributed by atoms with van der Waals surface area (Å²) in [6, 6.07) is 22.4. The first-order chi connectivity index (χ1) is 14.7. The molecule has 0 spiro atoms. The minimum Gasteiger partial charge on any atom is -0.454 e. The lowest BCUT2D eigenvalue weighted by Crippen LogP contribution is -2.23. The second kappa shape index (κ2) is 9.13. The molecule has 3 aromatic carbocycles. The smallest absolute Gasteiger partial charge is 0.255 e. The summed E-state index contributed by atoms with van der Waals surface area (Å²) in [5.41, 5.74) is 3.25. The van der Waals surface area contributed by atoms with Crippen molar-refractivity contribution in [2.45, 2.75) is 19.4 Å². The van der Waals surface area contributed by atoms with Crippen LogP contribution >= 0.6 is 0 Å². The number of amides is 2. The van der Waals surface area contributed by atoms with Crippen LogP contribution in [0, 0.1) is 0 Å². The van der Waals surface area contributed by atoms with Crippen molar-refractivity contribution < 1.29 is 19.1 Å². The van der Waals surface area contributed by atoms with Gasteiger partial charge in [0.25, 0.3) is 5.91 Å². The fraction of sp³-hybridized carbons (Fsp3) is 0.167. The van der Waals surface area contributed by atoms with Crippen molar-refractivity contribution in [2.75, 3.05) is 12.1 Å². The molecular formula is C24H22N2O4. The molecular weight excluding hydrogens is 380 g/mol. The maximum atomic E-state index is 12.5. The standard InChI is InChI=1S/C24H22N2O4/c27-23(13-8-17-4-2-1-3-5-17)25-15-18-6-9-19(10-7-18)24(28)26-20-11-12-21-22(14-20)30-16-29-21/h1-7,9-12,14H,8,13,15-16H2,(H,25,27)(H,26,28). The number of anilines is 1. The number of carbonyl (C=O) groups is 2. The van der Waals surface area contributed by atoms with E-state index in [1.807, 2.05) is 42.5 Å². The van der Waals surface area contributed by atoms with E-state index in [2.05, 4.69) is 10.6 Å². The Hall–Kier alpha value is -3.80. The molecule has 0 saturated carbocycles. The van der Waals surface area contributed by atoms with Gasteiger partial charge >= 0.3 is 0 Å². The molecule has 30 heavy (non-hydrogen) atoms. The Morgan fingerprint density at radius 3 is 2.40 bits per heavy atom. The quantitative estimate of drug-likeness (QED) is 0.628. The number of hydrogen-bond acceptors (Lipinski definition) is 4. The van der Waals surface area contributed by atoms with Crippen molar-refractivity contribution in [2.24, 2.45) is 0 Å². The monoisotopic (exact) mass is 402 g/mol. The zero-order valence-corrected chi connectivity index (χ0v) is 16.4. The minimum absolute atomic E-state index is 0.00322. The van der Waals surface area contributed by atoms with E-state index in [1.54, 1.807) is 30.3 Å². The molecule has 4 rings (SSSR count). The van der Waals surface area contributed by atoms with Gasteiger partial charge in [0.1, 0.15) is 0 Å². The lowest BCUT2D eigenvalue weighted by molar-refractivity contribution is -0.121. The SMILES string of the molecule is O=C(CCc1ccccc1)NCc1ccc(C(=O)Nc2ccc3c(c2)OCO3)cc1. The molecule has 0 radical (unpaired) electrons. The van der Waals surface area contributed by atoms with E-state index in [4.69, 9.17) is 9.47 Å². The first-order valence-corrected chi connectivity index (χ1v) is 9.78. The summed E-state index contributed by atoms with van der Waals surface area (Å²) in [4.78, 5) is 24.5. The van der Waals surface area contributed by atoms with Crippen LogP contribution in [-0.2, 0) is 17.8 Å². The lowest BCUT2D eigenvalue weighted by Gasteiger charge is -2.08. The van der Waals surface area contributed by atoms with Gasteiger partial charge < -0.3 is 20.1 Å². The normalized spacial score (nSPS) is 11.7. The summed E-state index contributed by atoms with van der Waals surface area (Å²) in [6.07, 6.45) is 1.16. The van der Waals surface area contributed by atoms with Gasteiger partial charge in [-0.2, -0.15) is 0 Å². The largest absolute Gasteiger partial charge is 0.454 e. The second-order valence-electron chi connectivity index (χ2n) is 6.98. The Kier molecular flexibility index (Phi) is 5.94. The van der Waals surface area contributed by atoms with Crippen molar-refractivity contribution >= 4 is 17.5 Å². The molecule has 1 aliphatic rings. The third kappa shape index (κ3) is 4.97. The average molecular weight is 402 g/mol. The van der Waals surface area contributed by atoms with E-state index < -0.39 is 0 Å². The van der Waals surface area contributed by atoms with E-state index in [-0.39, 0.29) is 18.6 Å². The van der Waals surface area contributed by atoms with Gasteiger partial charge in [-0.1, -0.05) is 42.5 Å². The average Bonchev–Trinajstić information content (AvgIpc) is 3.25. The van der Waals surface area contributed by atoms with Crippen molar-refractivity contribution in [1.29, 1.82) is 0 Å². The van der Waals surface area contributed by atoms with Crippen LogP contribution in [0.5, 0.6) is 11.5 Å². The summed E-state index contributed by atoms with van der Waals surface area (Å²) >= 11 is 0. The van der Waals surface area contributed by atoms with Gasteiger partial charge in [-0.25, -0.2) is 0 Å². The molecule has 1 aliphatic heterocycles. The number of aryl methyl sites for hydroxylation is 1. The lowest BCUT2D eigenvalue weighted by atomic mass is 10.1. The Labute approximate surface area is 174 Å². The van der Waals surface area contributed by atoms with Crippen LogP contribution in [0.4, 0.5) is 5.69 Å². The topological polar surface area (TPSA) is 76.7 Å². The third-order valence-corrected chi connectivity index (χ3v) is 4.82. The van der Waals surface area contributed by atoms with Gasteiger partial charge in [0.2, 0.25) is 12.7 Å². The number of carbonyl (C=O) groups excluding carboxylic acids is 2. The van der Waals surface area contributed by atoms with E-state index in [0.29, 0.717) is 42.1 Å². The number of rotatable bonds is 7. The zero-order valence-electron chi connectivity index (χ0n) is 16.4. The fourth-order valence-electron chi connectivity index (χ4n) is 3.14. The molecule has 0 saturated heterocycles. The van der Waals surface area contributed by atoms with Gasteiger partial charge in [-0.15, -0.1) is 0 Å². The number of fused-ring (bicyclic) bond motifs is 1. The maximum absolute atomic E-state index is 12.5. The van der Waals surface area contributed by atoms with E-state index in [1.165, 1.54) is 0 Å². The van der Waals surface area contributed by atoms with Gasteiger partial charge in [-0.05, 0) is 41.8 Å². The maximum Gasteiger partial charge on any atom is 0.255 e. The first-order valence-electron chi connectivity index (χ1n) is 9.78. The van der Waals surface area contributed by atoms with Crippen LogP contribution in [0.25, 0.3) is 0 Å². The van der Waals surface area contributed by atoms with Crippen molar-refractivity contribution in [3.63, 3.8) is 0 Å². The van der Waals surface area contributed by atoms with Gasteiger partial charge in [-0.3, -0.25) is 9.59 Å². The number of ether oxygens (including phenoxy) is 2. The molecule has 0 unspecified atom stereocenters. The van der Waals surface area contributed by atoms with Crippen LogP contribution in [0.1, 0.15) is 27.9 Å². The van der Waals surface area contributed by atoms with Crippen molar-refractivity contribution in [3.8, 4) is 11.5 Å². The molecule has 2 amide bonds. The highest BCUT2D eigenvalue weighted by Gasteiger charge is 2.14. The summed E-state index contributed by atoms with van der Waals surface area (Å²) in [6.45, 7) is 0.620.